The number of para-hydroxylation sites is 3. The van der Waals surface area contributed by atoms with E-state index in [2.05, 4.69) is 92.2 Å². The van der Waals surface area contributed by atoms with Crippen molar-refractivity contribution in [1.29, 1.82) is 0 Å². The summed E-state index contributed by atoms with van der Waals surface area (Å²) in [6.07, 6.45) is 3.44. The zero-order valence-electron chi connectivity index (χ0n) is 50.2. The summed E-state index contributed by atoms with van der Waals surface area (Å²) >= 11 is 2.26. The lowest BCUT2D eigenvalue weighted by molar-refractivity contribution is -0.200. The number of benzene rings is 6. The van der Waals surface area contributed by atoms with Crippen molar-refractivity contribution in [2.75, 3.05) is 63.8 Å². The van der Waals surface area contributed by atoms with Crippen LogP contribution in [0.2, 0.25) is 0 Å². The molecule has 456 valence electrons. The predicted octanol–water partition coefficient (Wildman–Crippen LogP) is 15.1. The van der Waals surface area contributed by atoms with E-state index < -0.39 is 5.91 Å². The van der Waals surface area contributed by atoms with Crippen LogP contribution in [0.3, 0.4) is 0 Å². The maximum Gasteiger partial charge on any atom is 0.272 e. The molecule has 1 atom stereocenters. The second kappa shape index (κ2) is 33.2. The highest BCUT2D eigenvalue weighted by molar-refractivity contribution is 14.1. The van der Waals surface area contributed by atoms with E-state index in [9.17, 15) is 9.59 Å². The SMILES string of the molecule is Cl.[C-]#[N+]c1cc(N(C)c2ccc(OC)c(C#CCCC(=O)NO)c2)c2ccccc2n1.[C-]#[N+]c1cc(N(C)c2ccc(OC)c(C#CCCC(=O)NOC3CCCCO3)c2)c2ccccc2n1.[C-]#[N+]c1cc(N(C)c2ccc(OC)c(I)c2)c2ccccc2n1. The number of amides is 2. The fraction of sp³-hybridized carbons (Fsp3) is 0.217. The number of rotatable bonds is 15. The van der Waals surface area contributed by atoms with Crippen LogP contribution in [0.1, 0.15) is 56.1 Å². The minimum atomic E-state index is -0.482. The fourth-order valence-electron chi connectivity index (χ4n) is 9.43. The first-order chi connectivity index (χ1) is 43.3. The van der Waals surface area contributed by atoms with Gasteiger partial charge < -0.3 is 48.2 Å². The van der Waals surface area contributed by atoms with Gasteiger partial charge in [0.05, 0.1) is 36.0 Å². The summed E-state index contributed by atoms with van der Waals surface area (Å²) in [6, 6.07) is 46.1. The molecule has 0 spiro atoms. The maximum absolute atomic E-state index is 12.1. The topological polar surface area (TPSA) is 186 Å². The van der Waals surface area contributed by atoms with Crippen molar-refractivity contribution < 1.29 is 38.6 Å². The summed E-state index contributed by atoms with van der Waals surface area (Å²) in [5, 5.41) is 11.5. The van der Waals surface area contributed by atoms with Crippen LogP contribution in [-0.4, -0.2) is 87.3 Å². The average Bonchev–Trinajstić information content (AvgIpc) is 1.19. The lowest BCUT2D eigenvalue weighted by Gasteiger charge is -2.22. The molecule has 21 heteroatoms. The number of carbonyl (C=O) groups excluding carboxylic acids is 2. The monoisotopic (exact) mass is 1340 g/mol. The van der Waals surface area contributed by atoms with Gasteiger partial charge in [-0.2, -0.15) is 0 Å². The Labute approximate surface area is 542 Å². The number of anilines is 6. The number of aromatic nitrogens is 3. The van der Waals surface area contributed by atoms with Crippen molar-refractivity contribution in [3.8, 4) is 40.9 Å². The van der Waals surface area contributed by atoms with Gasteiger partial charge >= 0.3 is 0 Å². The highest BCUT2D eigenvalue weighted by Crippen LogP contribution is 2.39. The number of hydroxylamine groups is 2. The quantitative estimate of drug-likeness (QED) is 0.0289. The smallest absolute Gasteiger partial charge is 0.272 e. The number of fused-ring (bicyclic) bond motifs is 3. The van der Waals surface area contributed by atoms with Crippen molar-refractivity contribution in [1.82, 2.24) is 25.9 Å². The molecule has 0 saturated carbocycles. The van der Waals surface area contributed by atoms with Crippen molar-refractivity contribution >= 4 is 131 Å². The van der Waals surface area contributed by atoms with Crippen LogP contribution < -0.4 is 39.9 Å². The molecule has 19 nitrogen and oxygen atoms in total. The molecule has 1 fully saturated rings. The Kier molecular flexibility index (Phi) is 24.8. The third-order valence-corrected chi connectivity index (χ3v) is 14.9. The fourth-order valence-corrected chi connectivity index (χ4v) is 10.1. The average molecular weight is 1340 g/mol. The van der Waals surface area contributed by atoms with Crippen molar-refractivity contribution in [3.63, 3.8) is 0 Å². The second-order valence-electron chi connectivity index (χ2n) is 19.7. The second-order valence-corrected chi connectivity index (χ2v) is 20.9. The van der Waals surface area contributed by atoms with E-state index in [1.807, 2.05) is 158 Å². The van der Waals surface area contributed by atoms with E-state index >= 15 is 0 Å². The van der Waals surface area contributed by atoms with E-state index in [4.69, 9.17) is 48.7 Å². The van der Waals surface area contributed by atoms with Gasteiger partial charge in [0.15, 0.2) is 22.8 Å². The number of methoxy groups -OCH3 is 3. The number of pyridine rings is 3. The van der Waals surface area contributed by atoms with Crippen LogP contribution in [0.4, 0.5) is 51.6 Å². The Morgan fingerprint density at radius 3 is 1.37 bits per heavy atom. The lowest BCUT2D eigenvalue weighted by atomic mass is 10.1. The van der Waals surface area contributed by atoms with Crippen LogP contribution in [0.15, 0.2) is 146 Å². The van der Waals surface area contributed by atoms with Gasteiger partial charge in [0.2, 0.25) is 11.8 Å². The molecule has 10 rings (SSSR count). The molecular formula is C69H63ClIN11O8. The predicted molar refractivity (Wildman–Crippen MR) is 362 cm³/mol. The van der Waals surface area contributed by atoms with E-state index in [1.165, 1.54) is 0 Å². The van der Waals surface area contributed by atoms with Crippen molar-refractivity contribution in [2.24, 2.45) is 0 Å². The van der Waals surface area contributed by atoms with Crippen molar-refractivity contribution in [2.45, 2.75) is 51.2 Å². The van der Waals surface area contributed by atoms with E-state index in [1.54, 1.807) is 38.9 Å². The van der Waals surface area contributed by atoms with Gasteiger partial charge in [-0.15, -0.1) is 27.4 Å². The zero-order valence-corrected chi connectivity index (χ0v) is 53.2. The van der Waals surface area contributed by atoms with Crippen LogP contribution in [0.5, 0.6) is 17.2 Å². The Bertz CT molecular complexity index is 4310. The van der Waals surface area contributed by atoms with E-state index in [-0.39, 0.29) is 37.4 Å². The van der Waals surface area contributed by atoms with Crippen molar-refractivity contribution in [3.05, 3.63) is 195 Å². The molecule has 1 unspecified atom stereocenters. The van der Waals surface area contributed by atoms with E-state index in [0.717, 1.165) is 95.4 Å². The van der Waals surface area contributed by atoms with Crippen LogP contribution in [0.25, 0.3) is 47.2 Å². The Balaban J connectivity index is 0.000000195. The summed E-state index contributed by atoms with van der Waals surface area (Å²) in [7, 11) is 10.7. The first-order valence-corrected chi connectivity index (χ1v) is 29.1. The zero-order chi connectivity index (χ0) is 63.2. The Morgan fingerprint density at radius 2 is 0.989 bits per heavy atom. The highest BCUT2D eigenvalue weighted by Gasteiger charge is 2.19. The van der Waals surface area contributed by atoms with Gasteiger partial charge in [0.25, 0.3) is 17.5 Å². The normalized spacial score (nSPS) is 11.9. The van der Waals surface area contributed by atoms with Gasteiger partial charge in [-0.25, -0.2) is 15.8 Å². The third-order valence-electron chi connectivity index (χ3n) is 14.1. The molecule has 1 aliphatic heterocycles. The van der Waals surface area contributed by atoms with Gasteiger partial charge in [-0.05, 0) is 145 Å². The summed E-state index contributed by atoms with van der Waals surface area (Å²) in [6.45, 7) is 22.7. The highest BCUT2D eigenvalue weighted by atomic mass is 127. The standard InChI is InChI=1S/C28H28N4O4.C23H20N4O3.C18H14IN3O.ClH/c1-29-26-19-24(22-11-5-6-12-23(22)30-26)32(2)21-15-16-25(34-3)20(18-21)10-4-7-13-27(33)31-36-28-14-8-9-17-35-28;1-24-22-15-20(18-9-5-6-10-19(18)25-22)27(2)17-12-13-21(30-3)16(14-17)8-4-7-11-23(28)26-29;1-20-18-11-16(13-6-4-5-7-15(13)21-18)22(2)12-8-9-17(23-3)14(19)10-12;/h5-6,11-12,15-16,18-19,28H,7-9,13-14,17H2,2-3H3,(H,31,33);5-6,9-10,12-15,29H,7,11H2,2-3H3,(H,26,28);4-11H,2-3H3;1H. The molecule has 9 aromatic rings. The minimum absolute atomic E-state index is 0. The van der Waals surface area contributed by atoms with Gasteiger partial charge in [-0.1, -0.05) is 79.8 Å². The number of nitrogens with one attached hydrogen (secondary N) is 2. The van der Waals surface area contributed by atoms with Crippen LogP contribution in [0, 0.1) is 47.0 Å². The molecule has 2 amide bonds. The number of halogens is 2. The molecule has 3 N–H and O–H groups in total. The number of ether oxygens (including phenoxy) is 4. The molecule has 1 saturated heterocycles. The largest absolute Gasteiger partial charge is 0.496 e. The Morgan fingerprint density at radius 1 is 0.589 bits per heavy atom. The molecule has 4 heterocycles. The maximum atomic E-state index is 12.1. The molecular weight excluding hydrogens is 1270 g/mol. The molecule has 0 bridgehead atoms. The summed E-state index contributed by atoms with van der Waals surface area (Å²) in [5.41, 5.74) is 13.2. The molecule has 0 radical (unpaired) electrons. The lowest BCUT2D eigenvalue weighted by Crippen LogP contribution is -2.32. The molecule has 3 aromatic heterocycles. The van der Waals surface area contributed by atoms with Gasteiger partial charge in [0.1, 0.15) is 17.2 Å². The Hall–Kier alpha value is -10.2. The number of nitrogens with zero attached hydrogens (tertiary/aromatic N) is 9. The van der Waals surface area contributed by atoms with Crippen LogP contribution in [-0.2, 0) is 19.2 Å². The molecule has 1 aliphatic rings. The molecule has 90 heavy (non-hydrogen) atoms. The summed E-state index contributed by atoms with van der Waals surface area (Å²) < 4.78 is 22.7. The van der Waals surface area contributed by atoms with Gasteiger partial charge in [-0.3, -0.25) is 14.8 Å². The number of carbonyl (C=O) groups is 2. The number of hydrogen-bond acceptors (Lipinski definition) is 14. The summed E-state index contributed by atoms with van der Waals surface area (Å²) in [4.78, 5) is 58.2. The first kappa shape index (κ1) is 67.3. The molecule has 0 aliphatic carbocycles. The summed E-state index contributed by atoms with van der Waals surface area (Å²) in [5.74, 6) is 14.6. The first-order valence-electron chi connectivity index (χ1n) is 28.0. The number of hydrogen-bond donors (Lipinski definition) is 3. The third kappa shape index (κ3) is 17.3. The minimum Gasteiger partial charge on any atom is -0.496 e. The molecule has 6 aromatic carbocycles. The van der Waals surface area contributed by atoms with Gasteiger partial charge in [0, 0.05) is 110 Å². The van der Waals surface area contributed by atoms with E-state index in [0.29, 0.717) is 59.5 Å². The van der Waals surface area contributed by atoms with Crippen LogP contribution >= 0.6 is 35.0 Å².